The number of carbonyl (C=O) groups excluding carboxylic acids is 1. The third kappa shape index (κ3) is 5.08. The highest BCUT2D eigenvalue weighted by Crippen LogP contribution is 2.18. The fraction of sp³-hybridized carbons (Fsp3) is 0.190. The second-order valence-corrected chi connectivity index (χ2v) is 8.32. The summed E-state index contributed by atoms with van der Waals surface area (Å²) in [5.41, 5.74) is 2.33. The second kappa shape index (κ2) is 8.22. The molecule has 6 heteroatoms. The van der Waals surface area contributed by atoms with Crippen LogP contribution in [0.25, 0.3) is 0 Å². The lowest BCUT2D eigenvalue weighted by molar-refractivity contribution is 0.0925. The highest BCUT2D eigenvalue weighted by atomic mass is 32.2. The van der Waals surface area contributed by atoms with Crippen molar-refractivity contribution in [1.29, 1.82) is 0 Å². The maximum atomic E-state index is 12.4. The molecule has 0 atom stereocenters. The molecule has 0 saturated carbocycles. The zero-order chi connectivity index (χ0) is 19.3. The topological polar surface area (TPSA) is 76.4 Å². The molecule has 140 valence electrons. The van der Waals surface area contributed by atoms with E-state index in [0.717, 1.165) is 5.56 Å². The minimum atomic E-state index is -3.51. The summed E-state index contributed by atoms with van der Waals surface area (Å²) in [5.74, 6) is -0.293. The van der Waals surface area contributed by atoms with E-state index in [4.69, 9.17) is 4.42 Å². The Bertz CT molecular complexity index is 1010. The quantitative estimate of drug-likeness (QED) is 0.677. The zero-order valence-electron chi connectivity index (χ0n) is 15.0. The Kier molecular flexibility index (Phi) is 5.76. The van der Waals surface area contributed by atoms with E-state index < -0.39 is 9.84 Å². The number of rotatable bonds is 7. The lowest BCUT2D eigenvalue weighted by Crippen LogP contribution is -2.25. The first kappa shape index (κ1) is 18.9. The van der Waals surface area contributed by atoms with Crippen LogP contribution in [-0.4, -0.2) is 20.9 Å². The van der Waals surface area contributed by atoms with Gasteiger partial charge in [-0.05, 0) is 43.2 Å². The Morgan fingerprint density at radius 1 is 0.963 bits per heavy atom. The van der Waals surface area contributed by atoms with Gasteiger partial charge in [-0.15, -0.1) is 0 Å². The van der Waals surface area contributed by atoms with Crippen LogP contribution in [0, 0.1) is 6.92 Å². The van der Waals surface area contributed by atoms with Crippen molar-refractivity contribution in [3.63, 3.8) is 0 Å². The van der Waals surface area contributed by atoms with Crippen molar-refractivity contribution in [3.05, 3.63) is 89.4 Å². The fourth-order valence-corrected chi connectivity index (χ4v) is 3.91. The number of aryl methyl sites for hydroxylation is 1. The zero-order valence-corrected chi connectivity index (χ0v) is 15.8. The predicted octanol–water partition coefficient (Wildman–Crippen LogP) is 3.53. The van der Waals surface area contributed by atoms with Crippen molar-refractivity contribution < 1.29 is 17.6 Å². The smallest absolute Gasteiger partial charge is 0.287 e. The summed E-state index contributed by atoms with van der Waals surface area (Å²) in [7, 11) is -3.51. The van der Waals surface area contributed by atoms with Crippen molar-refractivity contribution in [3.8, 4) is 0 Å². The molecule has 0 aliphatic heterocycles. The van der Waals surface area contributed by atoms with E-state index in [-0.39, 0.29) is 28.1 Å². The van der Waals surface area contributed by atoms with E-state index in [1.807, 2.05) is 31.2 Å². The number of amides is 1. The van der Waals surface area contributed by atoms with Gasteiger partial charge >= 0.3 is 0 Å². The first-order chi connectivity index (χ1) is 12.9. The van der Waals surface area contributed by atoms with Crippen molar-refractivity contribution in [2.45, 2.75) is 24.0 Å². The molecule has 1 amide bonds. The van der Waals surface area contributed by atoms with Crippen LogP contribution in [0.5, 0.6) is 0 Å². The number of carbonyl (C=O) groups is 1. The molecule has 5 nitrogen and oxygen atoms in total. The highest BCUT2D eigenvalue weighted by Gasteiger charge is 2.19. The number of benzene rings is 2. The van der Waals surface area contributed by atoms with Crippen LogP contribution in [0.4, 0.5) is 0 Å². The van der Waals surface area contributed by atoms with Gasteiger partial charge in [-0.1, -0.05) is 48.0 Å². The molecular formula is C21H21NO4S. The molecule has 0 spiro atoms. The van der Waals surface area contributed by atoms with Gasteiger partial charge in [-0.25, -0.2) is 8.42 Å². The van der Waals surface area contributed by atoms with Gasteiger partial charge in [0.05, 0.1) is 4.90 Å². The molecule has 3 aromatic rings. The van der Waals surface area contributed by atoms with Crippen LogP contribution in [0.1, 0.15) is 27.4 Å². The normalized spacial score (nSPS) is 11.3. The lowest BCUT2D eigenvalue weighted by atomic mass is 10.1. The van der Waals surface area contributed by atoms with Crippen LogP contribution >= 0.6 is 0 Å². The number of hydrogen-bond acceptors (Lipinski definition) is 4. The third-order valence-corrected chi connectivity index (χ3v) is 5.79. The van der Waals surface area contributed by atoms with E-state index in [1.165, 1.54) is 29.8 Å². The van der Waals surface area contributed by atoms with Gasteiger partial charge in [-0.2, -0.15) is 0 Å². The molecule has 1 N–H and O–H groups in total. The average Bonchev–Trinajstić information content (AvgIpc) is 3.12. The Labute approximate surface area is 159 Å². The summed E-state index contributed by atoms with van der Waals surface area (Å²) >= 11 is 0. The van der Waals surface area contributed by atoms with E-state index in [2.05, 4.69) is 5.32 Å². The van der Waals surface area contributed by atoms with E-state index in [1.54, 1.807) is 18.2 Å². The van der Waals surface area contributed by atoms with Crippen LogP contribution in [0.3, 0.4) is 0 Å². The molecule has 1 aromatic heterocycles. The Balaban J connectivity index is 1.56. The number of sulfone groups is 1. The van der Waals surface area contributed by atoms with E-state index in [0.29, 0.717) is 13.0 Å². The third-order valence-electron chi connectivity index (χ3n) is 4.14. The van der Waals surface area contributed by atoms with Crippen LogP contribution in [-0.2, 0) is 22.0 Å². The summed E-state index contributed by atoms with van der Waals surface area (Å²) in [5, 5.41) is 2.79. The SMILES string of the molecule is Cc1ccc(CCNC(=O)c2ccc(CS(=O)(=O)c3ccccc3)o2)cc1. The van der Waals surface area contributed by atoms with Crippen LogP contribution < -0.4 is 5.32 Å². The van der Waals surface area contributed by atoms with E-state index >= 15 is 0 Å². The molecule has 3 rings (SSSR count). The minimum Gasteiger partial charge on any atom is -0.455 e. The van der Waals surface area contributed by atoms with Gasteiger partial charge < -0.3 is 9.73 Å². The van der Waals surface area contributed by atoms with Crippen molar-refractivity contribution in [2.75, 3.05) is 6.54 Å². The molecule has 0 aliphatic rings. The van der Waals surface area contributed by atoms with Gasteiger partial charge in [-0.3, -0.25) is 4.79 Å². The predicted molar refractivity (Wildman–Crippen MR) is 103 cm³/mol. The molecule has 1 heterocycles. The molecule has 0 radical (unpaired) electrons. The average molecular weight is 383 g/mol. The monoisotopic (exact) mass is 383 g/mol. The van der Waals surface area contributed by atoms with E-state index in [9.17, 15) is 13.2 Å². The Hall–Kier alpha value is -2.86. The first-order valence-electron chi connectivity index (χ1n) is 8.64. The van der Waals surface area contributed by atoms with Gasteiger partial charge in [0.15, 0.2) is 15.6 Å². The van der Waals surface area contributed by atoms with Crippen molar-refractivity contribution >= 4 is 15.7 Å². The minimum absolute atomic E-state index is 0.108. The summed E-state index contributed by atoms with van der Waals surface area (Å²) in [6, 6.07) is 19.3. The highest BCUT2D eigenvalue weighted by molar-refractivity contribution is 7.90. The molecule has 0 aliphatic carbocycles. The fourth-order valence-electron chi connectivity index (χ4n) is 2.64. The molecular weight excluding hydrogens is 362 g/mol. The molecule has 0 saturated heterocycles. The summed E-state index contributed by atoms with van der Waals surface area (Å²) in [6.45, 7) is 2.50. The number of furan rings is 1. The van der Waals surface area contributed by atoms with Gasteiger partial charge in [0.2, 0.25) is 0 Å². The largest absolute Gasteiger partial charge is 0.455 e. The van der Waals surface area contributed by atoms with Crippen LogP contribution in [0.15, 0.2) is 76.0 Å². The molecule has 0 fully saturated rings. The van der Waals surface area contributed by atoms with Gasteiger partial charge in [0.25, 0.3) is 5.91 Å². The standard InChI is InChI=1S/C21H21NO4S/c1-16-7-9-17(10-8-16)13-14-22-21(23)20-12-11-18(26-20)15-27(24,25)19-5-3-2-4-6-19/h2-12H,13-15H2,1H3,(H,22,23). The maximum Gasteiger partial charge on any atom is 0.287 e. The van der Waals surface area contributed by atoms with Crippen LogP contribution in [0.2, 0.25) is 0 Å². The first-order valence-corrected chi connectivity index (χ1v) is 10.3. The summed E-state index contributed by atoms with van der Waals surface area (Å²) in [6.07, 6.45) is 0.710. The number of nitrogens with one attached hydrogen (secondary N) is 1. The Morgan fingerprint density at radius 2 is 1.67 bits per heavy atom. The number of hydrogen-bond donors (Lipinski definition) is 1. The lowest BCUT2D eigenvalue weighted by Gasteiger charge is -2.04. The molecule has 27 heavy (non-hydrogen) atoms. The van der Waals surface area contributed by atoms with Crippen molar-refractivity contribution in [1.82, 2.24) is 5.32 Å². The Morgan fingerprint density at radius 3 is 2.37 bits per heavy atom. The maximum absolute atomic E-state index is 12.4. The summed E-state index contributed by atoms with van der Waals surface area (Å²) < 4.78 is 30.2. The molecule has 0 unspecified atom stereocenters. The second-order valence-electron chi connectivity index (χ2n) is 6.33. The molecule has 0 bridgehead atoms. The van der Waals surface area contributed by atoms with Gasteiger partial charge in [0, 0.05) is 6.54 Å². The summed E-state index contributed by atoms with van der Waals surface area (Å²) in [4.78, 5) is 12.4. The van der Waals surface area contributed by atoms with Crippen molar-refractivity contribution in [2.24, 2.45) is 0 Å². The van der Waals surface area contributed by atoms with Gasteiger partial charge in [0.1, 0.15) is 11.5 Å². The molecule has 2 aromatic carbocycles.